The maximum Gasteiger partial charge on any atom is 0.253 e. The van der Waals surface area contributed by atoms with Gasteiger partial charge in [-0.15, -0.1) is 0 Å². The van der Waals surface area contributed by atoms with E-state index in [1.54, 1.807) is 0 Å². The molecule has 0 radical (unpaired) electrons. The summed E-state index contributed by atoms with van der Waals surface area (Å²) >= 11 is 6.16. The number of hydrogen-bond donors (Lipinski definition) is 0. The van der Waals surface area contributed by atoms with Crippen LogP contribution in [0.15, 0.2) is 42.5 Å². The highest BCUT2D eigenvalue weighted by Gasteiger charge is 2.24. The van der Waals surface area contributed by atoms with Crippen LogP contribution in [0, 0.1) is 6.92 Å². The summed E-state index contributed by atoms with van der Waals surface area (Å²) in [5.74, 6) is 1.83. The first kappa shape index (κ1) is 18.7. The smallest absolute Gasteiger partial charge is 0.253 e. The van der Waals surface area contributed by atoms with Crippen molar-refractivity contribution in [3.05, 3.63) is 64.4 Å². The first-order valence-electron chi connectivity index (χ1n) is 9.62. The molecule has 2 aromatic carbocycles. The number of nitrogens with zero attached hydrogens (tertiary/aromatic N) is 4. The van der Waals surface area contributed by atoms with E-state index in [2.05, 4.69) is 9.88 Å². The summed E-state index contributed by atoms with van der Waals surface area (Å²) in [4.78, 5) is 26.3. The van der Waals surface area contributed by atoms with Crippen molar-refractivity contribution in [2.75, 3.05) is 31.1 Å². The summed E-state index contributed by atoms with van der Waals surface area (Å²) in [6.07, 6.45) is 0.765. The number of benzene rings is 2. The van der Waals surface area contributed by atoms with Gasteiger partial charge >= 0.3 is 0 Å². The van der Waals surface area contributed by atoms with Crippen LogP contribution in [0.3, 0.4) is 0 Å². The van der Waals surface area contributed by atoms with Crippen molar-refractivity contribution in [1.82, 2.24) is 14.9 Å². The van der Waals surface area contributed by atoms with Gasteiger partial charge in [0.1, 0.15) is 11.6 Å². The number of amides is 1. The van der Waals surface area contributed by atoms with Crippen molar-refractivity contribution in [2.45, 2.75) is 20.3 Å². The topological polar surface area (TPSA) is 49.3 Å². The van der Waals surface area contributed by atoms with Crippen LogP contribution >= 0.6 is 11.6 Å². The lowest BCUT2D eigenvalue weighted by Gasteiger charge is -2.36. The fourth-order valence-electron chi connectivity index (χ4n) is 3.53. The SMILES string of the molecule is CCc1nc(N2CCN(C(=O)c3ccc(C)cc3)CC2)c2ccc(Cl)cc2n1. The van der Waals surface area contributed by atoms with Gasteiger partial charge in [0.05, 0.1) is 5.52 Å². The van der Waals surface area contributed by atoms with Crippen LogP contribution in [0.2, 0.25) is 5.02 Å². The Labute approximate surface area is 170 Å². The number of fused-ring (bicyclic) bond motifs is 1. The van der Waals surface area contributed by atoms with Crippen LogP contribution in [0.1, 0.15) is 28.7 Å². The fraction of sp³-hybridized carbons (Fsp3) is 0.318. The number of halogens is 1. The molecule has 0 unspecified atom stereocenters. The number of rotatable bonds is 3. The highest BCUT2D eigenvalue weighted by atomic mass is 35.5. The van der Waals surface area contributed by atoms with Gasteiger partial charge in [0.2, 0.25) is 0 Å². The van der Waals surface area contributed by atoms with Crippen molar-refractivity contribution in [1.29, 1.82) is 0 Å². The zero-order valence-corrected chi connectivity index (χ0v) is 16.9. The minimum atomic E-state index is 0.0909. The van der Waals surface area contributed by atoms with Gasteiger partial charge < -0.3 is 9.80 Å². The molecule has 0 N–H and O–H groups in total. The maximum absolute atomic E-state index is 12.8. The second-order valence-corrected chi connectivity index (χ2v) is 7.56. The summed E-state index contributed by atoms with van der Waals surface area (Å²) in [6.45, 7) is 6.91. The van der Waals surface area contributed by atoms with E-state index in [0.717, 1.165) is 53.2 Å². The number of carbonyl (C=O) groups excluding carboxylic acids is 1. The molecule has 6 heteroatoms. The third-order valence-electron chi connectivity index (χ3n) is 5.17. The molecule has 5 nitrogen and oxygen atoms in total. The summed E-state index contributed by atoms with van der Waals surface area (Å²) in [6, 6.07) is 13.5. The Bertz CT molecular complexity index is 1010. The molecule has 0 aliphatic carbocycles. The van der Waals surface area contributed by atoms with E-state index >= 15 is 0 Å². The van der Waals surface area contributed by atoms with Gasteiger partial charge in [-0.1, -0.05) is 36.2 Å². The lowest BCUT2D eigenvalue weighted by molar-refractivity contribution is 0.0746. The van der Waals surface area contributed by atoms with Crippen LogP contribution < -0.4 is 4.90 Å². The largest absolute Gasteiger partial charge is 0.352 e. The Morgan fingerprint density at radius 1 is 1.04 bits per heavy atom. The Morgan fingerprint density at radius 2 is 1.75 bits per heavy atom. The van der Waals surface area contributed by atoms with E-state index in [1.165, 1.54) is 0 Å². The van der Waals surface area contributed by atoms with Crippen molar-refractivity contribution in [3.63, 3.8) is 0 Å². The molecule has 1 saturated heterocycles. The standard InChI is InChI=1S/C22H23ClN4O/c1-3-20-24-19-14-17(23)8-9-18(19)21(25-20)26-10-12-27(13-11-26)22(28)16-6-4-15(2)5-7-16/h4-9,14H,3,10-13H2,1-2H3. The van der Waals surface area contributed by atoms with Crippen molar-refractivity contribution < 1.29 is 4.79 Å². The van der Waals surface area contributed by atoms with Gasteiger partial charge in [-0.05, 0) is 37.3 Å². The molecular formula is C22H23ClN4O. The summed E-state index contributed by atoms with van der Waals surface area (Å²) in [5.41, 5.74) is 2.77. The van der Waals surface area contributed by atoms with Gasteiger partial charge in [-0.3, -0.25) is 4.79 Å². The average Bonchev–Trinajstić information content (AvgIpc) is 2.73. The molecule has 0 bridgehead atoms. The molecule has 1 aromatic heterocycles. The lowest BCUT2D eigenvalue weighted by Crippen LogP contribution is -2.49. The van der Waals surface area contributed by atoms with Gasteiger partial charge in [-0.2, -0.15) is 0 Å². The minimum absolute atomic E-state index is 0.0909. The van der Waals surface area contributed by atoms with E-state index in [9.17, 15) is 4.79 Å². The first-order chi connectivity index (χ1) is 13.5. The number of aromatic nitrogens is 2. The van der Waals surface area contributed by atoms with Gasteiger partial charge in [0.15, 0.2) is 0 Å². The molecule has 1 aliphatic heterocycles. The molecule has 1 amide bonds. The maximum atomic E-state index is 12.8. The molecule has 1 aliphatic rings. The van der Waals surface area contributed by atoms with Gasteiger partial charge in [0.25, 0.3) is 5.91 Å². The van der Waals surface area contributed by atoms with E-state index in [4.69, 9.17) is 16.6 Å². The first-order valence-corrected chi connectivity index (χ1v) is 10.00. The Kier molecular flexibility index (Phi) is 5.18. The van der Waals surface area contributed by atoms with E-state index < -0.39 is 0 Å². The van der Waals surface area contributed by atoms with Crippen molar-refractivity contribution >= 4 is 34.2 Å². The number of anilines is 1. The Morgan fingerprint density at radius 3 is 2.43 bits per heavy atom. The fourth-order valence-corrected chi connectivity index (χ4v) is 3.70. The van der Waals surface area contributed by atoms with E-state index in [-0.39, 0.29) is 5.91 Å². The monoisotopic (exact) mass is 394 g/mol. The second kappa shape index (κ2) is 7.76. The quantitative estimate of drug-likeness (QED) is 0.670. The number of piperazine rings is 1. The number of carbonyl (C=O) groups is 1. The molecule has 144 valence electrons. The summed E-state index contributed by atoms with van der Waals surface area (Å²) < 4.78 is 0. The van der Waals surface area contributed by atoms with Gasteiger partial charge in [0, 0.05) is 48.6 Å². The molecule has 2 heterocycles. The van der Waals surface area contributed by atoms with Crippen molar-refractivity contribution in [3.8, 4) is 0 Å². The molecule has 1 fully saturated rings. The number of aryl methyl sites for hydroxylation is 2. The lowest BCUT2D eigenvalue weighted by atomic mass is 10.1. The van der Waals surface area contributed by atoms with E-state index in [0.29, 0.717) is 18.1 Å². The summed E-state index contributed by atoms with van der Waals surface area (Å²) in [7, 11) is 0. The van der Waals surface area contributed by atoms with E-state index in [1.807, 2.05) is 61.2 Å². The zero-order valence-electron chi connectivity index (χ0n) is 16.2. The van der Waals surface area contributed by atoms with Crippen LogP contribution in [0.5, 0.6) is 0 Å². The van der Waals surface area contributed by atoms with Crippen molar-refractivity contribution in [2.24, 2.45) is 0 Å². The third kappa shape index (κ3) is 3.67. The van der Waals surface area contributed by atoms with Gasteiger partial charge in [-0.25, -0.2) is 9.97 Å². The molecule has 0 saturated carbocycles. The second-order valence-electron chi connectivity index (χ2n) is 7.12. The van der Waals surface area contributed by atoms with Crippen LogP contribution in [-0.2, 0) is 6.42 Å². The molecular weight excluding hydrogens is 372 g/mol. The molecule has 28 heavy (non-hydrogen) atoms. The average molecular weight is 395 g/mol. The number of hydrogen-bond acceptors (Lipinski definition) is 4. The molecule has 0 atom stereocenters. The normalized spacial score (nSPS) is 14.5. The molecule has 0 spiro atoms. The zero-order chi connectivity index (χ0) is 19.7. The Hall–Kier alpha value is -2.66. The highest BCUT2D eigenvalue weighted by molar-refractivity contribution is 6.31. The van der Waals surface area contributed by atoms with Crippen LogP contribution in [-0.4, -0.2) is 47.0 Å². The Balaban J connectivity index is 1.55. The molecule has 3 aromatic rings. The summed E-state index contributed by atoms with van der Waals surface area (Å²) in [5, 5.41) is 1.67. The minimum Gasteiger partial charge on any atom is -0.352 e. The van der Waals surface area contributed by atoms with Crippen LogP contribution in [0.4, 0.5) is 5.82 Å². The highest BCUT2D eigenvalue weighted by Crippen LogP contribution is 2.27. The molecule has 4 rings (SSSR count). The van der Waals surface area contributed by atoms with Crippen LogP contribution in [0.25, 0.3) is 10.9 Å². The predicted octanol–water partition coefficient (Wildman–Crippen LogP) is 4.12. The third-order valence-corrected chi connectivity index (χ3v) is 5.40. The predicted molar refractivity (Wildman–Crippen MR) is 113 cm³/mol.